The first kappa shape index (κ1) is 46.6. The lowest BCUT2D eigenvalue weighted by atomic mass is 9.70. The van der Waals surface area contributed by atoms with E-state index in [1.807, 2.05) is 55.1 Å². The molecule has 0 atom stereocenters. The third kappa shape index (κ3) is 6.39. The fourth-order valence-electron chi connectivity index (χ4n) is 14.9. The summed E-state index contributed by atoms with van der Waals surface area (Å²) >= 11 is 0. The van der Waals surface area contributed by atoms with Gasteiger partial charge in [0, 0.05) is 70.4 Å². The largest absolute Gasteiger partial charge is 0.264 e. The highest BCUT2D eigenvalue weighted by atomic mass is 14.9. The number of pyridine rings is 4. The molecule has 5 aromatic heterocycles. The molecule has 4 aliphatic rings. The smallest absolute Gasteiger partial charge is 0.162 e. The van der Waals surface area contributed by atoms with Crippen LogP contribution in [0.25, 0.3) is 123 Å². The van der Waals surface area contributed by atoms with Crippen LogP contribution < -0.4 is 0 Å². The number of rotatable bonds is 6. The number of aromatic nitrogens is 6. The van der Waals surface area contributed by atoms with Gasteiger partial charge in [-0.15, -0.1) is 0 Å². The second-order valence-corrected chi connectivity index (χ2v) is 22.5. The monoisotopic (exact) mass is 1070 g/mol. The zero-order chi connectivity index (χ0) is 55.1. The van der Waals surface area contributed by atoms with E-state index in [0.717, 1.165) is 72.5 Å². The van der Waals surface area contributed by atoms with Crippen molar-refractivity contribution in [3.8, 4) is 112 Å². The third-order valence-electron chi connectivity index (χ3n) is 18.4. The molecule has 6 nitrogen and oxygen atoms in total. The molecule has 0 amide bonds. The Morgan fingerprint density at radius 2 is 0.655 bits per heavy atom. The van der Waals surface area contributed by atoms with Crippen molar-refractivity contribution in [3.05, 3.63) is 324 Å². The van der Waals surface area contributed by atoms with Gasteiger partial charge in [0.1, 0.15) is 0 Å². The fraction of sp³-hybridized carbons (Fsp3) is 0.0256. The van der Waals surface area contributed by atoms with Crippen LogP contribution in [0.15, 0.2) is 280 Å². The van der Waals surface area contributed by atoms with Gasteiger partial charge in [-0.3, -0.25) is 19.9 Å². The maximum Gasteiger partial charge on any atom is 0.162 e. The molecule has 2 spiro atoms. The van der Waals surface area contributed by atoms with Gasteiger partial charge in [0.15, 0.2) is 5.82 Å². The molecule has 0 radical (unpaired) electrons. The fourth-order valence-corrected chi connectivity index (χ4v) is 14.9. The Bertz CT molecular complexity index is 4940. The van der Waals surface area contributed by atoms with Crippen LogP contribution in [0.3, 0.4) is 0 Å². The Morgan fingerprint density at radius 1 is 0.250 bits per heavy atom. The molecule has 84 heavy (non-hydrogen) atoms. The van der Waals surface area contributed by atoms with Gasteiger partial charge in [0.2, 0.25) is 0 Å². The first-order valence-corrected chi connectivity index (χ1v) is 28.6. The van der Waals surface area contributed by atoms with Crippen LogP contribution in [0, 0.1) is 0 Å². The lowest BCUT2D eigenvalue weighted by Gasteiger charge is -2.31. The molecule has 9 aromatic carbocycles. The standard InChI is InChI=1S/C78H46N6/c1-7-23-64-54(17-1)55-18-2-8-24-65(55)77(64)68-27-11-5-21-58(68)60-33-29-47(41-70(60)77)53-39-62(48-30-34-61-59-22-6-12-28-69(59)78(71(61)42-48)66-25-9-3-19-56(66)57-20-4-10-26-67(57)78)75-63(40-53)74(51-31-35-72(81-45-51)49-15-13-37-79-43-49)83-76(84-75)52-32-36-73(82-46-52)50-16-14-38-80-44-50/h1-46H. The summed E-state index contributed by atoms with van der Waals surface area (Å²) in [5.41, 5.74) is 30.4. The molecule has 0 bridgehead atoms. The highest BCUT2D eigenvalue weighted by Crippen LogP contribution is 2.65. The zero-order valence-corrected chi connectivity index (χ0v) is 45.2. The molecular weight excluding hydrogens is 1020 g/mol. The normalized spacial score (nSPS) is 13.7. The van der Waals surface area contributed by atoms with Gasteiger partial charge in [-0.1, -0.05) is 170 Å². The highest BCUT2D eigenvalue weighted by Gasteiger charge is 2.53. The second kappa shape index (κ2) is 17.7. The van der Waals surface area contributed by atoms with E-state index >= 15 is 0 Å². The topological polar surface area (TPSA) is 77.3 Å². The zero-order valence-electron chi connectivity index (χ0n) is 45.2. The maximum absolute atomic E-state index is 5.70. The number of hydrogen-bond donors (Lipinski definition) is 0. The van der Waals surface area contributed by atoms with Gasteiger partial charge in [0.25, 0.3) is 0 Å². The summed E-state index contributed by atoms with van der Waals surface area (Å²) < 4.78 is 0. The molecule has 0 saturated carbocycles. The van der Waals surface area contributed by atoms with Crippen LogP contribution in [0.1, 0.15) is 44.5 Å². The van der Waals surface area contributed by atoms with E-state index in [9.17, 15) is 0 Å². The van der Waals surface area contributed by atoms with Crippen molar-refractivity contribution in [2.75, 3.05) is 0 Å². The quantitative estimate of drug-likeness (QED) is 0.165. The predicted octanol–water partition coefficient (Wildman–Crippen LogP) is 17.9. The average Bonchev–Trinajstić information content (AvgIpc) is 1.63. The maximum atomic E-state index is 5.70. The molecule has 0 saturated heterocycles. The first-order chi connectivity index (χ1) is 41.6. The lowest BCUT2D eigenvalue weighted by Crippen LogP contribution is -2.25. The lowest BCUT2D eigenvalue weighted by molar-refractivity contribution is 0.794. The molecule has 14 aromatic rings. The van der Waals surface area contributed by atoms with Crippen molar-refractivity contribution in [2.24, 2.45) is 0 Å². The summed E-state index contributed by atoms with van der Waals surface area (Å²) in [6.45, 7) is 0. The molecule has 0 N–H and O–H groups in total. The van der Waals surface area contributed by atoms with Gasteiger partial charge in [-0.2, -0.15) is 0 Å². The third-order valence-corrected chi connectivity index (χ3v) is 18.4. The Hall–Kier alpha value is -11.1. The number of fused-ring (bicyclic) bond motifs is 21. The second-order valence-electron chi connectivity index (χ2n) is 22.5. The van der Waals surface area contributed by atoms with Crippen LogP contribution in [0.5, 0.6) is 0 Å². The van der Waals surface area contributed by atoms with Gasteiger partial charge in [0.05, 0.1) is 33.4 Å². The first-order valence-electron chi connectivity index (χ1n) is 28.6. The number of benzene rings is 9. The van der Waals surface area contributed by atoms with Gasteiger partial charge in [-0.05, 0) is 179 Å². The minimum atomic E-state index is -0.547. The number of nitrogens with zero attached hydrogens (tertiary/aromatic N) is 6. The molecule has 388 valence electrons. The van der Waals surface area contributed by atoms with Crippen molar-refractivity contribution in [1.82, 2.24) is 29.9 Å². The molecule has 4 aliphatic carbocycles. The molecule has 5 heterocycles. The summed E-state index contributed by atoms with van der Waals surface area (Å²) in [4.78, 5) is 30.2. The Labute approximate surface area is 485 Å². The van der Waals surface area contributed by atoms with E-state index in [2.05, 4.69) is 222 Å². The SMILES string of the molecule is c1cncc(-c2ccc(-c3nc(-c4ccc(-c5cccnc5)nc4)c4cc(-c5ccc6c(c5)C5(c7ccccc7-c7ccccc75)c5ccccc5-6)cc(-c5ccc6c(c5)C5(c7ccccc7-c7ccccc75)c5ccccc5-6)c4n3)cn2)c1. The van der Waals surface area contributed by atoms with E-state index in [4.69, 9.17) is 19.9 Å². The van der Waals surface area contributed by atoms with Crippen molar-refractivity contribution >= 4 is 10.9 Å². The minimum Gasteiger partial charge on any atom is -0.264 e. The van der Waals surface area contributed by atoms with Crippen LogP contribution >= 0.6 is 0 Å². The Kier molecular flexibility index (Phi) is 9.83. The van der Waals surface area contributed by atoms with Crippen molar-refractivity contribution in [2.45, 2.75) is 10.8 Å². The van der Waals surface area contributed by atoms with Crippen molar-refractivity contribution < 1.29 is 0 Å². The highest BCUT2D eigenvalue weighted by molar-refractivity contribution is 6.06. The Morgan fingerprint density at radius 3 is 1.08 bits per heavy atom. The van der Waals surface area contributed by atoms with E-state index in [1.54, 1.807) is 12.4 Å². The molecular formula is C78H46N6. The predicted molar refractivity (Wildman–Crippen MR) is 336 cm³/mol. The van der Waals surface area contributed by atoms with Crippen LogP contribution in [-0.4, -0.2) is 29.9 Å². The molecule has 6 heteroatoms. The van der Waals surface area contributed by atoms with E-state index in [-0.39, 0.29) is 0 Å². The van der Waals surface area contributed by atoms with Crippen molar-refractivity contribution in [1.29, 1.82) is 0 Å². The van der Waals surface area contributed by atoms with E-state index < -0.39 is 10.8 Å². The van der Waals surface area contributed by atoms with Gasteiger partial charge in [-0.25, -0.2) is 9.97 Å². The molecule has 0 aliphatic heterocycles. The average molecular weight is 1070 g/mol. The van der Waals surface area contributed by atoms with E-state index in [0.29, 0.717) is 5.82 Å². The van der Waals surface area contributed by atoms with Gasteiger partial charge >= 0.3 is 0 Å². The van der Waals surface area contributed by atoms with Gasteiger partial charge < -0.3 is 0 Å². The van der Waals surface area contributed by atoms with Crippen LogP contribution in [0.4, 0.5) is 0 Å². The summed E-state index contributed by atoms with van der Waals surface area (Å²) in [6, 6.07) is 89.4. The van der Waals surface area contributed by atoms with E-state index in [1.165, 1.54) is 89.0 Å². The molecule has 0 unspecified atom stereocenters. The molecule has 18 rings (SSSR count). The Balaban J connectivity index is 0.920. The summed E-state index contributed by atoms with van der Waals surface area (Å²) in [5, 5.41) is 0.909. The minimum absolute atomic E-state index is 0.516. The summed E-state index contributed by atoms with van der Waals surface area (Å²) in [6.07, 6.45) is 11.1. The molecule has 0 fully saturated rings. The van der Waals surface area contributed by atoms with Crippen molar-refractivity contribution in [3.63, 3.8) is 0 Å². The number of hydrogen-bond acceptors (Lipinski definition) is 6. The van der Waals surface area contributed by atoms with Crippen LogP contribution in [0.2, 0.25) is 0 Å². The summed E-state index contributed by atoms with van der Waals surface area (Å²) in [7, 11) is 0. The summed E-state index contributed by atoms with van der Waals surface area (Å²) in [5.74, 6) is 0.563. The van der Waals surface area contributed by atoms with Crippen LogP contribution in [-0.2, 0) is 10.8 Å².